The van der Waals surface area contributed by atoms with Crippen molar-refractivity contribution in [3.05, 3.63) is 41.6 Å². The fourth-order valence-corrected chi connectivity index (χ4v) is 2.18. The van der Waals surface area contributed by atoms with E-state index in [1.54, 1.807) is 12.1 Å². The molecule has 0 unspecified atom stereocenters. The molecule has 0 aliphatic heterocycles. The highest BCUT2D eigenvalue weighted by atomic mass is 19.1. The normalized spacial score (nSPS) is 11.2. The Morgan fingerprint density at radius 3 is 2.60 bits per heavy atom. The van der Waals surface area contributed by atoms with Gasteiger partial charge in [0, 0.05) is 23.7 Å². The number of hydrogen-bond donors (Lipinski definition) is 2. The number of rotatable bonds is 6. The fourth-order valence-electron chi connectivity index (χ4n) is 2.18. The second kappa shape index (κ2) is 6.66. The Morgan fingerprint density at radius 2 is 1.95 bits per heavy atom. The van der Waals surface area contributed by atoms with E-state index < -0.39 is 0 Å². The van der Waals surface area contributed by atoms with E-state index in [0.29, 0.717) is 6.04 Å². The van der Waals surface area contributed by atoms with E-state index in [1.807, 2.05) is 6.92 Å². The van der Waals surface area contributed by atoms with Crippen LogP contribution in [0.2, 0.25) is 0 Å². The lowest BCUT2D eigenvalue weighted by molar-refractivity contribution is 0.566. The summed E-state index contributed by atoms with van der Waals surface area (Å²) in [5, 5.41) is 3.39. The molecular formula is C16H22FN3. The standard InChI is InChI=1S/C16H22FN3/c1-11(2)18-10-4-5-15-19-12(3)16(20-15)13-6-8-14(17)9-7-13/h6-9,11,18H,4-5,10H2,1-3H3,(H,19,20). The molecular weight excluding hydrogens is 253 g/mol. The van der Waals surface area contributed by atoms with Gasteiger partial charge >= 0.3 is 0 Å². The Kier molecular flexibility index (Phi) is 4.90. The highest BCUT2D eigenvalue weighted by Crippen LogP contribution is 2.21. The molecule has 2 rings (SSSR count). The van der Waals surface area contributed by atoms with Gasteiger partial charge in [0.1, 0.15) is 11.6 Å². The van der Waals surface area contributed by atoms with Gasteiger partial charge in [0.25, 0.3) is 0 Å². The molecule has 4 heteroatoms. The maximum Gasteiger partial charge on any atom is 0.123 e. The Hall–Kier alpha value is -1.68. The third-order valence-corrected chi connectivity index (χ3v) is 3.19. The third kappa shape index (κ3) is 3.90. The molecule has 1 aromatic carbocycles. The van der Waals surface area contributed by atoms with Crippen LogP contribution in [-0.4, -0.2) is 22.6 Å². The van der Waals surface area contributed by atoms with Gasteiger partial charge < -0.3 is 10.3 Å². The number of halogens is 1. The molecule has 0 atom stereocenters. The number of benzene rings is 1. The van der Waals surface area contributed by atoms with E-state index in [-0.39, 0.29) is 5.82 Å². The zero-order valence-electron chi connectivity index (χ0n) is 12.3. The van der Waals surface area contributed by atoms with E-state index in [9.17, 15) is 4.39 Å². The van der Waals surface area contributed by atoms with Gasteiger partial charge in [0.15, 0.2) is 0 Å². The molecule has 0 aliphatic rings. The number of imidazole rings is 1. The smallest absolute Gasteiger partial charge is 0.123 e. The first-order valence-electron chi connectivity index (χ1n) is 7.11. The molecule has 0 saturated carbocycles. The molecule has 1 heterocycles. The molecule has 0 spiro atoms. The molecule has 0 aliphatic carbocycles. The molecule has 2 aromatic rings. The van der Waals surface area contributed by atoms with Crippen molar-refractivity contribution in [1.29, 1.82) is 0 Å². The van der Waals surface area contributed by atoms with Crippen molar-refractivity contribution >= 4 is 0 Å². The van der Waals surface area contributed by atoms with Crippen molar-refractivity contribution in [2.24, 2.45) is 0 Å². The fraction of sp³-hybridized carbons (Fsp3) is 0.438. The van der Waals surface area contributed by atoms with Crippen molar-refractivity contribution in [1.82, 2.24) is 15.3 Å². The van der Waals surface area contributed by atoms with E-state index in [0.717, 1.165) is 42.2 Å². The summed E-state index contributed by atoms with van der Waals surface area (Å²) in [5.41, 5.74) is 2.90. The number of nitrogens with zero attached hydrogens (tertiary/aromatic N) is 1. The minimum absolute atomic E-state index is 0.220. The summed E-state index contributed by atoms with van der Waals surface area (Å²) in [5.74, 6) is 0.773. The second-order valence-electron chi connectivity index (χ2n) is 5.38. The first-order chi connectivity index (χ1) is 9.56. The van der Waals surface area contributed by atoms with E-state index >= 15 is 0 Å². The van der Waals surface area contributed by atoms with Crippen LogP contribution in [0, 0.1) is 12.7 Å². The van der Waals surface area contributed by atoms with Gasteiger partial charge in [-0.3, -0.25) is 0 Å². The molecule has 0 radical (unpaired) electrons. The van der Waals surface area contributed by atoms with Crippen LogP contribution in [0.25, 0.3) is 11.3 Å². The van der Waals surface area contributed by atoms with Crippen LogP contribution in [0.3, 0.4) is 0 Å². The van der Waals surface area contributed by atoms with Crippen LogP contribution < -0.4 is 5.32 Å². The zero-order valence-corrected chi connectivity index (χ0v) is 12.3. The summed E-state index contributed by atoms with van der Waals surface area (Å²) >= 11 is 0. The molecule has 0 bridgehead atoms. The molecule has 3 nitrogen and oxygen atoms in total. The van der Waals surface area contributed by atoms with Crippen LogP contribution in [0.15, 0.2) is 24.3 Å². The summed E-state index contributed by atoms with van der Waals surface area (Å²) in [6, 6.07) is 6.99. The first-order valence-corrected chi connectivity index (χ1v) is 7.11. The van der Waals surface area contributed by atoms with Gasteiger partial charge in [-0.15, -0.1) is 0 Å². The average molecular weight is 275 g/mol. The van der Waals surface area contributed by atoms with Gasteiger partial charge in [-0.25, -0.2) is 9.37 Å². The molecule has 108 valence electrons. The summed E-state index contributed by atoms with van der Waals surface area (Å²) < 4.78 is 12.9. The molecule has 0 amide bonds. The van der Waals surface area contributed by atoms with Gasteiger partial charge in [-0.05, 0) is 44.2 Å². The molecule has 0 saturated heterocycles. The van der Waals surface area contributed by atoms with Crippen molar-refractivity contribution in [2.45, 2.75) is 39.7 Å². The number of nitrogens with one attached hydrogen (secondary N) is 2. The highest BCUT2D eigenvalue weighted by molar-refractivity contribution is 5.61. The number of hydrogen-bond acceptors (Lipinski definition) is 2. The summed E-state index contributed by atoms with van der Waals surface area (Å²) in [4.78, 5) is 7.93. The van der Waals surface area contributed by atoms with Crippen molar-refractivity contribution < 1.29 is 4.39 Å². The predicted octanol–water partition coefficient (Wildman–Crippen LogP) is 3.45. The summed E-state index contributed by atoms with van der Waals surface area (Å²) in [6.45, 7) is 7.28. The van der Waals surface area contributed by atoms with Gasteiger partial charge in [0.2, 0.25) is 0 Å². The zero-order chi connectivity index (χ0) is 14.5. The van der Waals surface area contributed by atoms with Gasteiger partial charge in [-0.1, -0.05) is 13.8 Å². The average Bonchev–Trinajstić information content (AvgIpc) is 2.77. The van der Waals surface area contributed by atoms with Crippen molar-refractivity contribution in [3.63, 3.8) is 0 Å². The van der Waals surface area contributed by atoms with Crippen LogP contribution in [0.5, 0.6) is 0 Å². The number of H-pyrrole nitrogens is 1. The van der Waals surface area contributed by atoms with E-state index in [1.165, 1.54) is 12.1 Å². The highest BCUT2D eigenvalue weighted by Gasteiger charge is 2.09. The van der Waals surface area contributed by atoms with Gasteiger partial charge in [-0.2, -0.15) is 0 Å². The Morgan fingerprint density at radius 1 is 1.25 bits per heavy atom. The number of aryl methyl sites for hydroxylation is 2. The largest absolute Gasteiger partial charge is 0.346 e. The van der Waals surface area contributed by atoms with Crippen LogP contribution in [0.4, 0.5) is 4.39 Å². The van der Waals surface area contributed by atoms with Crippen molar-refractivity contribution in [3.8, 4) is 11.3 Å². The SMILES string of the molecule is Cc1[nH]c(CCCNC(C)C)nc1-c1ccc(F)cc1. The van der Waals surface area contributed by atoms with E-state index in [4.69, 9.17) is 0 Å². The van der Waals surface area contributed by atoms with Gasteiger partial charge in [0.05, 0.1) is 5.69 Å². The third-order valence-electron chi connectivity index (χ3n) is 3.19. The topological polar surface area (TPSA) is 40.7 Å². The summed E-state index contributed by atoms with van der Waals surface area (Å²) in [6.07, 6.45) is 1.97. The van der Waals surface area contributed by atoms with E-state index in [2.05, 4.69) is 29.1 Å². The quantitative estimate of drug-likeness (QED) is 0.793. The minimum Gasteiger partial charge on any atom is -0.346 e. The minimum atomic E-state index is -0.220. The maximum atomic E-state index is 12.9. The molecule has 1 aromatic heterocycles. The molecule has 2 N–H and O–H groups in total. The Balaban J connectivity index is 2.00. The number of aromatic amines is 1. The van der Waals surface area contributed by atoms with Crippen LogP contribution in [-0.2, 0) is 6.42 Å². The first kappa shape index (κ1) is 14.7. The lowest BCUT2D eigenvalue weighted by Crippen LogP contribution is -2.24. The lowest BCUT2D eigenvalue weighted by Gasteiger charge is -2.06. The maximum absolute atomic E-state index is 12.9. The lowest BCUT2D eigenvalue weighted by atomic mass is 10.1. The Bertz CT molecular complexity index is 543. The predicted molar refractivity (Wildman–Crippen MR) is 80.2 cm³/mol. The monoisotopic (exact) mass is 275 g/mol. The summed E-state index contributed by atoms with van der Waals surface area (Å²) in [7, 11) is 0. The number of aromatic nitrogens is 2. The Labute approximate surface area is 119 Å². The molecule has 20 heavy (non-hydrogen) atoms. The van der Waals surface area contributed by atoms with Crippen molar-refractivity contribution in [2.75, 3.05) is 6.54 Å². The van der Waals surface area contributed by atoms with Crippen LogP contribution in [0.1, 0.15) is 31.8 Å². The second-order valence-corrected chi connectivity index (χ2v) is 5.38. The molecule has 0 fully saturated rings. The van der Waals surface area contributed by atoms with Crippen LogP contribution >= 0.6 is 0 Å².